The minimum absolute atomic E-state index is 0.161. The topological polar surface area (TPSA) is 61.8 Å². The van der Waals surface area contributed by atoms with Gasteiger partial charge in [-0.25, -0.2) is 5.43 Å². The van der Waals surface area contributed by atoms with Gasteiger partial charge >= 0.3 is 0 Å². The third kappa shape index (κ3) is 3.83. The average Bonchev–Trinajstić information content (AvgIpc) is 3.05. The van der Waals surface area contributed by atoms with Crippen molar-refractivity contribution in [3.05, 3.63) is 77.9 Å². The quantitative estimate of drug-likeness (QED) is 0.454. The number of nitrogens with zero attached hydrogens (tertiary/aromatic N) is 2. The number of rotatable bonds is 7. The second-order valence-corrected chi connectivity index (χ2v) is 7.46. The molecule has 3 aromatic rings. The van der Waals surface area contributed by atoms with Crippen molar-refractivity contribution < 1.29 is 9.59 Å². The number of unbranched alkanes of at least 4 members (excludes halogenated alkanes) is 3. The lowest BCUT2D eigenvalue weighted by atomic mass is 10.0. The summed E-state index contributed by atoms with van der Waals surface area (Å²) in [4.78, 5) is 27.6. The zero-order valence-corrected chi connectivity index (χ0v) is 17.1. The normalized spacial score (nSPS) is 14.4. The molecule has 1 heterocycles. The highest BCUT2D eigenvalue weighted by molar-refractivity contribution is 6.54. The van der Waals surface area contributed by atoms with Crippen molar-refractivity contribution in [1.82, 2.24) is 5.43 Å². The summed E-state index contributed by atoms with van der Waals surface area (Å²) in [5.41, 5.74) is 5.04. The molecule has 1 aliphatic rings. The van der Waals surface area contributed by atoms with Crippen molar-refractivity contribution in [2.75, 3.05) is 11.4 Å². The highest BCUT2D eigenvalue weighted by Gasteiger charge is 2.33. The molecule has 1 N–H and O–H groups in total. The molecular formula is C25H25N3O2. The van der Waals surface area contributed by atoms with Crippen LogP contribution in [0.4, 0.5) is 5.69 Å². The summed E-state index contributed by atoms with van der Waals surface area (Å²) >= 11 is 0. The van der Waals surface area contributed by atoms with Gasteiger partial charge in [0.05, 0.1) is 5.69 Å². The third-order valence-corrected chi connectivity index (χ3v) is 5.44. The Hall–Kier alpha value is -3.47. The van der Waals surface area contributed by atoms with Gasteiger partial charge < -0.3 is 4.90 Å². The van der Waals surface area contributed by atoms with Crippen molar-refractivity contribution in [3.8, 4) is 0 Å². The first-order chi connectivity index (χ1) is 14.7. The average molecular weight is 399 g/mol. The van der Waals surface area contributed by atoms with Gasteiger partial charge in [-0.3, -0.25) is 9.59 Å². The van der Waals surface area contributed by atoms with Crippen LogP contribution in [0.15, 0.2) is 71.8 Å². The molecule has 0 fully saturated rings. The first-order valence-electron chi connectivity index (χ1n) is 10.5. The Balaban J connectivity index is 1.57. The maximum atomic E-state index is 13.0. The Morgan fingerprint density at radius 2 is 1.70 bits per heavy atom. The standard InChI is InChI=1S/C25H25N3O2/c1-2-3-4-9-17-28-22-16-8-7-14-21(22)23(25(28)30)26-27-24(29)20-15-10-12-18-11-5-6-13-19(18)20/h5-8,10-16H,2-4,9,17H2,1H3,(H,27,29). The van der Waals surface area contributed by atoms with Crippen molar-refractivity contribution in [2.45, 2.75) is 32.6 Å². The number of hydrazone groups is 1. The van der Waals surface area contributed by atoms with E-state index in [1.54, 1.807) is 11.0 Å². The number of benzene rings is 3. The Morgan fingerprint density at radius 1 is 0.933 bits per heavy atom. The Labute approximate surface area is 176 Å². The Kier molecular flexibility index (Phi) is 5.89. The largest absolute Gasteiger partial charge is 0.306 e. The minimum Gasteiger partial charge on any atom is -0.306 e. The zero-order chi connectivity index (χ0) is 20.9. The summed E-state index contributed by atoms with van der Waals surface area (Å²) in [5, 5.41) is 6.09. The van der Waals surface area contributed by atoms with Gasteiger partial charge in [0.15, 0.2) is 5.71 Å². The highest BCUT2D eigenvalue weighted by atomic mass is 16.2. The van der Waals surface area contributed by atoms with Gasteiger partial charge in [-0.05, 0) is 29.3 Å². The number of anilines is 1. The molecule has 2 amide bonds. The molecule has 0 aliphatic carbocycles. The summed E-state index contributed by atoms with van der Waals surface area (Å²) in [6.45, 7) is 2.83. The fourth-order valence-electron chi connectivity index (χ4n) is 3.88. The van der Waals surface area contributed by atoms with Gasteiger partial charge in [-0.2, -0.15) is 5.10 Å². The van der Waals surface area contributed by atoms with E-state index in [1.165, 1.54) is 0 Å². The summed E-state index contributed by atoms with van der Waals surface area (Å²) in [7, 11) is 0. The maximum absolute atomic E-state index is 13.0. The lowest BCUT2D eigenvalue weighted by Gasteiger charge is -2.16. The molecule has 3 aromatic carbocycles. The molecule has 0 atom stereocenters. The van der Waals surface area contributed by atoms with E-state index in [9.17, 15) is 9.59 Å². The van der Waals surface area contributed by atoms with Crippen LogP contribution in [0.2, 0.25) is 0 Å². The predicted octanol–water partition coefficient (Wildman–Crippen LogP) is 4.90. The van der Waals surface area contributed by atoms with Crippen LogP contribution in [0.3, 0.4) is 0 Å². The SMILES string of the molecule is CCCCCCN1C(=O)C(=NNC(=O)c2cccc3ccccc23)c2ccccc21. The van der Waals surface area contributed by atoms with Gasteiger partial charge in [-0.15, -0.1) is 0 Å². The molecule has 4 rings (SSSR count). The molecule has 152 valence electrons. The molecule has 0 aromatic heterocycles. The molecule has 5 nitrogen and oxygen atoms in total. The first-order valence-corrected chi connectivity index (χ1v) is 10.5. The van der Waals surface area contributed by atoms with Gasteiger partial charge in [0, 0.05) is 17.7 Å². The van der Waals surface area contributed by atoms with Crippen LogP contribution < -0.4 is 10.3 Å². The third-order valence-electron chi connectivity index (χ3n) is 5.44. The van der Waals surface area contributed by atoms with E-state index in [1.807, 2.05) is 60.7 Å². The molecule has 0 bridgehead atoms. The monoisotopic (exact) mass is 399 g/mol. The van der Waals surface area contributed by atoms with Gasteiger partial charge in [0.2, 0.25) is 0 Å². The first kappa shape index (κ1) is 19.8. The van der Waals surface area contributed by atoms with Crippen molar-refractivity contribution >= 4 is 34.0 Å². The highest BCUT2D eigenvalue weighted by Crippen LogP contribution is 2.29. The molecule has 0 unspecified atom stereocenters. The molecule has 0 radical (unpaired) electrons. The van der Waals surface area contributed by atoms with E-state index in [-0.39, 0.29) is 17.5 Å². The summed E-state index contributed by atoms with van der Waals surface area (Å²) < 4.78 is 0. The fraction of sp³-hybridized carbons (Fsp3) is 0.240. The second kappa shape index (κ2) is 8.91. The van der Waals surface area contributed by atoms with Gasteiger partial charge in [-0.1, -0.05) is 80.8 Å². The van der Waals surface area contributed by atoms with Crippen molar-refractivity contribution in [1.29, 1.82) is 0 Å². The number of hydrogen-bond acceptors (Lipinski definition) is 3. The fourth-order valence-corrected chi connectivity index (χ4v) is 3.88. The van der Waals surface area contributed by atoms with E-state index < -0.39 is 0 Å². The zero-order valence-electron chi connectivity index (χ0n) is 17.1. The molecule has 0 saturated carbocycles. The summed E-state index contributed by atoms with van der Waals surface area (Å²) in [6.07, 6.45) is 4.35. The van der Waals surface area contributed by atoms with E-state index in [0.29, 0.717) is 12.1 Å². The van der Waals surface area contributed by atoms with E-state index in [2.05, 4.69) is 17.5 Å². The number of hydrogen-bond donors (Lipinski definition) is 1. The number of para-hydroxylation sites is 1. The number of amides is 2. The number of fused-ring (bicyclic) bond motifs is 2. The molecule has 5 heteroatoms. The predicted molar refractivity (Wildman–Crippen MR) is 121 cm³/mol. The smallest absolute Gasteiger partial charge is 0.279 e. The Bertz CT molecular complexity index is 1110. The number of nitrogens with one attached hydrogen (secondary N) is 1. The van der Waals surface area contributed by atoms with E-state index >= 15 is 0 Å². The van der Waals surface area contributed by atoms with Crippen LogP contribution in [0.5, 0.6) is 0 Å². The lowest BCUT2D eigenvalue weighted by molar-refractivity contribution is -0.112. The van der Waals surface area contributed by atoms with Crippen molar-refractivity contribution in [3.63, 3.8) is 0 Å². The second-order valence-electron chi connectivity index (χ2n) is 7.46. The Morgan fingerprint density at radius 3 is 2.57 bits per heavy atom. The van der Waals surface area contributed by atoms with Crippen LogP contribution in [0.25, 0.3) is 10.8 Å². The summed E-state index contributed by atoms with van der Waals surface area (Å²) in [6, 6.07) is 20.9. The minimum atomic E-state index is -0.328. The van der Waals surface area contributed by atoms with Crippen LogP contribution in [-0.2, 0) is 4.79 Å². The van der Waals surface area contributed by atoms with Crippen LogP contribution in [0, 0.1) is 0 Å². The van der Waals surface area contributed by atoms with Crippen LogP contribution >= 0.6 is 0 Å². The van der Waals surface area contributed by atoms with E-state index in [4.69, 9.17) is 0 Å². The van der Waals surface area contributed by atoms with Gasteiger partial charge in [0.25, 0.3) is 11.8 Å². The number of carbonyl (C=O) groups excluding carboxylic acids is 2. The molecule has 0 spiro atoms. The molecule has 30 heavy (non-hydrogen) atoms. The van der Waals surface area contributed by atoms with Gasteiger partial charge in [0.1, 0.15) is 0 Å². The van der Waals surface area contributed by atoms with Crippen LogP contribution in [0.1, 0.15) is 48.5 Å². The molecular weight excluding hydrogens is 374 g/mol. The maximum Gasteiger partial charge on any atom is 0.279 e. The molecule has 0 saturated heterocycles. The van der Waals surface area contributed by atoms with Crippen molar-refractivity contribution in [2.24, 2.45) is 5.10 Å². The van der Waals surface area contributed by atoms with Crippen LogP contribution in [-0.4, -0.2) is 24.1 Å². The lowest BCUT2D eigenvalue weighted by Crippen LogP contribution is -2.32. The number of carbonyl (C=O) groups is 2. The van der Waals surface area contributed by atoms with E-state index in [0.717, 1.165) is 47.7 Å². The summed E-state index contributed by atoms with van der Waals surface area (Å²) in [5.74, 6) is -0.489. The molecule has 1 aliphatic heterocycles.